The van der Waals surface area contributed by atoms with Gasteiger partial charge in [-0.25, -0.2) is 0 Å². The predicted molar refractivity (Wildman–Crippen MR) is 77.3 cm³/mol. The summed E-state index contributed by atoms with van der Waals surface area (Å²) < 4.78 is 0. The molecule has 0 spiro atoms. The Balaban J connectivity index is 2.05. The zero-order valence-corrected chi connectivity index (χ0v) is 12.0. The van der Waals surface area contributed by atoms with E-state index in [2.05, 4.69) is 29.5 Å². The first-order valence-corrected chi connectivity index (χ1v) is 6.95. The molecule has 1 heterocycles. The summed E-state index contributed by atoms with van der Waals surface area (Å²) in [4.78, 5) is 15.6. The molecule has 1 fully saturated rings. The molecule has 0 aliphatic heterocycles. The van der Waals surface area contributed by atoms with Gasteiger partial charge in [0, 0.05) is 25.0 Å². The summed E-state index contributed by atoms with van der Waals surface area (Å²) in [5.41, 5.74) is 1.85. The summed E-state index contributed by atoms with van der Waals surface area (Å²) in [6.45, 7) is 4.65. The molecular weight excluding hydrogens is 238 g/mol. The van der Waals surface area contributed by atoms with Crippen LogP contribution in [0.5, 0.6) is 0 Å². The lowest BCUT2D eigenvalue weighted by molar-refractivity contribution is 0.0958. The molecule has 2 rings (SSSR count). The van der Waals surface area contributed by atoms with Gasteiger partial charge in [0.1, 0.15) is 5.69 Å². The van der Waals surface area contributed by atoms with Crippen LogP contribution in [-0.4, -0.2) is 24.0 Å². The van der Waals surface area contributed by atoms with Gasteiger partial charge < -0.3 is 10.6 Å². The molecule has 2 N–H and O–H groups in total. The second kappa shape index (κ2) is 5.59. The minimum Gasteiger partial charge on any atom is -0.382 e. The minimum absolute atomic E-state index is 0.146. The van der Waals surface area contributed by atoms with Gasteiger partial charge in [0.15, 0.2) is 0 Å². The molecule has 1 aliphatic carbocycles. The lowest BCUT2D eigenvalue weighted by atomic mass is 9.75. The zero-order chi connectivity index (χ0) is 13.9. The molecule has 19 heavy (non-hydrogen) atoms. The van der Waals surface area contributed by atoms with Gasteiger partial charge >= 0.3 is 0 Å². The van der Waals surface area contributed by atoms with E-state index in [4.69, 9.17) is 0 Å². The molecule has 0 radical (unpaired) electrons. The quantitative estimate of drug-likeness (QED) is 0.879. The first-order valence-electron chi connectivity index (χ1n) is 6.95. The number of carbonyl (C=O) groups excluding carboxylic acids is 1. The van der Waals surface area contributed by atoms with Gasteiger partial charge in [-0.05, 0) is 36.8 Å². The fourth-order valence-corrected chi connectivity index (χ4v) is 2.83. The second-order valence-corrected chi connectivity index (χ2v) is 6.11. The SMILES string of the molecule is CNC(=O)c1cc(NC2CCCC(C)(C)C2)ccn1. The number of nitrogens with one attached hydrogen (secondary N) is 2. The third-order valence-electron chi connectivity index (χ3n) is 3.80. The van der Waals surface area contributed by atoms with E-state index in [9.17, 15) is 4.79 Å². The number of anilines is 1. The van der Waals surface area contributed by atoms with Crippen molar-refractivity contribution in [1.29, 1.82) is 0 Å². The Hall–Kier alpha value is -1.58. The summed E-state index contributed by atoms with van der Waals surface area (Å²) >= 11 is 0. The van der Waals surface area contributed by atoms with Crippen LogP contribution in [0.2, 0.25) is 0 Å². The maximum absolute atomic E-state index is 11.6. The maximum Gasteiger partial charge on any atom is 0.269 e. The molecule has 1 unspecified atom stereocenters. The van der Waals surface area contributed by atoms with E-state index in [1.165, 1.54) is 25.7 Å². The summed E-state index contributed by atoms with van der Waals surface area (Å²) in [5, 5.41) is 6.13. The Bertz CT molecular complexity index is 456. The Morgan fingerprint density at radius 2 is 2.26 bits per heavy atom. The molecule has 1 amide bonds. The molecule has 4 nitrogen and oxygen atoms in total. The molecule has 0 saturated heterocycles. The van der Waals surface area contributed by atoms with Gasteiger partial charge in [0.05, 0.1) is 0 Å². The average Bonchev–Trinajstić information content (AvgIpc) is 2.37. The molecule has 1 aromatic rings. The fourth-order valence-electron chi connectivity index (χ4n) is 2.83. The average molecular weight is 261 g/mol. The number of rotatable bonds is 3. The Kier molecular flexibility index (Phi) is 4.08. The van der Waals surface area contributed by atoms with Gasteiger partial charge in [-0.2, -0.15) is 0 Å². The predicted octanol–water partition coefficient (Wildman–Crippen LogP) is 2.82. The summed E-state index contributed by atoms with van der Waals surface area (Å²) in [6.07, 6.45) is 6.61. The molecule has 0 aromatic carbocycles. The molecule has 1 aromatic heterocycles. The maximum atomic E-state index is 11.6. The van der Waals surface area contributed by atoms with Crippen molar-refractivity contribution >= 4 is 11.6 Å². The van der Waals surface area contributed by atoms with Crippen molar-refractivity contribution in [3.05, 3.63) is 24.0 Å². The lowest BCUT2D eigenvalue weighted by Gasteiger charge is -2.36. The van der Waals surface area contributed by atoms with Crippen molar-refractivity contribution in [2.75, 3.05) is 12.4 Å². The molecule has 0 bridgehead atoms. The van der Waals surface area contributed by atoms with E-state index < -0.39 is 0 Å². The van der Waals surface area contributed by atoms with Crippen molar-refractivity contribution in [3.8, 4) is 0 Å². The molecular formula is C15H23N3O. The first-order chi connectivity index (χ1) is 9.00. The highest BCUT2D eigenvalue weighted by Gasteiger charge is 2.27. The molecule has 104 valence electrons. The number of carbonyl (C=O) groups is 1. The van der Waals surface area contributed by atoms with Crippen molar-refractivity contribution in [3.63, 3.8) is 0 Å². The standard InChI is InChI=1S/C15H23N3O/c1-15(2)7-4-5-12(10-15)18-11-6-8-17-13(9-11)14(19)16-3/h6,8-9,12H,4-5,7,10H2,1-3H3,(H,16,19)(H,17,18). The zero-order valence-electron chi connectivity index (χ0n) is 12.0. The highest BCUT2D eigenvalue weighted by atomic mass is 16.1. The van der Waals surface area contributed by atoms with E-state index in [0.717, 1.165) is 5.69 Å². The lowest BCUT2D eigenvalue weighted by Crippen LogP contribution is -2.31. The molecule has 4 heteroatoms. The summed E-state index contributed by atoms with van der Waals surface area (Å²) in [5.74, 6) is -0.146. The topological polar surface area (TPSA) is 54.0 Å². The van der Waals surface area contributed by atoms with Gasteiger partial charge in [-0.15, -0.1) is 0 Å². The van der Waals surface area contributed by atoms with E-state index >= 15 is 0 Å². The van der Waals surface area contributed by atoms with Crippen LogP contribution in [0.1, 0.15) is 50.0 Å². The number of nitrogens with zero attached hydrogens (tertiary/aromatic N) is 1. The van der Waals surface area contributed by atoms with Gasteiger partial charge in [0.25, 0.3) is 5.91 Å². The van der Waals surface area contributed by atoms with Crippen LogP contribution in [0.4, 0.5) is 5.69 Å². The Labute approximate surface area is 115 Å². The molecule has 1 aliphatic rings. The highest BCUT2D eigenvalue weighted by Crippen LogP contribution is 2.36. The van der Waals surface area contributed by atoms with E-state index in [1.54, 1.807) is 13.2 Å². The van der Waals surface area contributed by atoms with Crippen LogP contribution in [0.25, 0.3) is 0 Å². The van der Waals surface area contributed by atoms with Crippen LogP contribution in [0.3, 0.4) is 0 Å². The van der Waals surface area contributed by atoms with Gasteiger partial charge in [-0.1, -0.05) is 20.3 Å². The van der Waals surface area contributed by atoms with Crippen molar-refractivity contribution in [2.24, 2.45) is 5.41 Å². The van der Waals surface area contributed by atoms with Crippen molar-refractivity contribution in [2.45, 2.75) is 45.6 Å². The van der Waals surface area contributed by atoms with Gasteiger partial charge in [-0.3, -0.25) is 9.78 Å². The van der Waals surface area contributed by atoms with Gasteiger partial charge in [0.2, 0.25) is 0 Å². The normalized spacial score (nSPS) is 21.7. The largest absolute Gasteiger partial charge is 0.382 e. The van der Waals surface area contributed by atoms with Crippen molar-refractivity contribution in [1.82, 2.24) is 10.3 Å². The monoisotopic (exact) mass is 261 g/mol. The van der Waals surface area contributed by atoms with Crippen LogP contribution in [0.15, 0.2) is 18.3 Å². The van der Waals surface area contributed by atoms with Crippen LogP contribution in [-0.2, 0) is 0 Å². The number of pyridine rings is 1. The number of aromatic nitrogens is 1. The smallest absolute Gasteiger partial charge is 0.269 e. The van der Waals surface area contributed by atoms with Crippen molar-refractivity contribution < 1.29 is 4.79 Å². The summed E-state index contributed by atoms with van der Waals surface area (Å²) in [6, 6.07) is 4.23. The van der Waals surface area contributed by atoms with Crippen LogP contribution < -0.4 is 10.6 Å². The minimum atomic E-state index is -0.146. The molecule has 1 atom stereocenters. The van der Waals surface area contributed by atoms with Crippen LogP contribution in [0, 0.1) is 5.41 Å². The Morgan fingerprint density at radius 1 is 1.47 bits per heavy atom. The van der Waals surface area contributed by atoms with E-state index in [1.807, 2.05) is 12.1 Å². The van der Waals surface area contributed by atoms with E-state index in [-0.39, 0.29) is 5.91 Å². The third-order valence-corrected chi connectivity index (χ3v) is 3.80. The number of hydrogen-bond acceptors (Lipinski definition) is 3. The number of amides is 1. The van der Waals surface area contributed by atoms with E-state index in [0.29, 0.717) is 17.2 Å². The number of hydrogen-bond donors (Lipinski definition) is 2. The highest BCUT2D eigenvalue weighted by molar-refractivity contribution is 5.92. The summed E-state index contributed by atoms with van der Waals surface area (Å²) in [7, 11) is 1.62. The Morgan fingerprint density at radius 3 is 2.95 bits per heavy atom. The third kappa shape index (κ3) is 3.69. The van der Waals surface area contributed by atoms with Crippen LogP contribution >= 0.6 is 0 Å². The molecule has 1 saturated carbocycles. The first kappa shape index (κ1) is 13.8. The fraction of sp³-hybridized carbons (Fsp3) is 0.600. The second-order valence-electron chi connectivity index (χ2n) is 6.11.